The first-order valence-electron chi connectivity index (χ1n) is 15.0. The predicted octanol–water partition coefficient (Wildman–Crippen LogP) is -3.01. The van der Waals surface area contributed by atoms with Crippen LogP contribution in [0.1, 0.15) is 13.3 Å². The molecule has 0 amide bonds. The van der Waals surface area contributed by atoms with Gasteiger partial charge in [0.2, 0.25) is 0 Å². The molecule has 0 aromatic carbocycles. The van der Waals surface area contributed by atoms with Crippen LogP contribution in [0.25, 0.3) is 0 Å². The molecule has 0 aliphatic heterocycles. The van der Waals surface area contributed by atoms with E-state index >= 15 is 0 Å². The summed E-state index contributed by atoms with van der Waals surface area (Å²) < 4.78 is 0. The second-order valence-corrected chi connectivity index (χ2v) is 10.6. The molecule has 0 unspecified atom stereocenters. The fourth-order valence-electron chi connectivity index (χ4n) is 3.59. The number of nitrogens with zero attached hydrogens (tertiary/aromatic N) is 7. The summed E-state index contributed by atoms with van der Waals surface area (Å²) in [5, 5.41) is 68.9. The molecule has 0 aromatic rings. The first kappa shape index (κ1) is 50.3. The van der Waals surface area contributed by atoms with Crippen LogP contribution < -0.4 is 0 Å². The SMILES string of the molecule is CCN=C=NCCCN(C)C.O=C(O)CN(CCN(CC(=O)O)CC(=O)O)CC(=O)O.O=C(O)CN(CCN(CC(=O)O)CC(=O)O)CC(=O)O. The van der Waals surface area contributed by atoms with Gasteiger partial charge in [0.15, 0.2) is 0 Å². The van der Waals surface area contributed by atoms with Crippen LogP contribution in [0.4, 0.5) is 0 Å². The summed E-state index contributed by atoms with van der Waals surface area (Å²) in [4.78, 5) is 98.7. The highest BCUT2D eigenvalue weighted by Crippen LogP contribution is 1.96. The van der Waals surface area contributed by atoms with Gasteiger partial charge in [-0.25, -0.2) is 9.98 Å². The summed E-state index contributed by atoms with van der Waals surface area (Å²) in [5.41, 5.74) is 0. The third kappa shape index (κ3) is 41.0. The van der Waals surface area contributed by atoms with E-state index < -0.39 is 100 Å². The Labute approximate surface area is 293 Å². The summed E-state index contributed by atoms with van der Waals surface area (Å²) in [6.45, 7) is 0.164. The van der Waals surface area contributed by atoms with Crippen LogP contribution in [0, 0.1) is 0 Å². The molecule has 0 radical (unpaired) electrons. The minimum atomic E-state index is -1.23. The maximum atomic E-state index is 10.6. The Morgan fingerprint density at radius 3 is 0.843 bits per heavy atom. The van der Waals surface area contributed by atoms with Crippen molar-refractivity contribution < 1.29 is 79.2 Å². The Morgan fingerprint density at radius 1 is 0.431 bits per heavy atom. The number of hydrogen-bond donors (Lipinski definition) is 8. The molecule has 0 saturated carbocycles. The van der Waals surface area contributed by atoms with E-state index in [1.165, 1.54) is 0 Å². The van der Waals surface area contributed by atoms with Gasteiger partial charge in [-0.3, -0.25) is 58.0 Å². The maximum Gasteiger partial charge on any atom is 0.317 e. The number of rotatable bonds is 27. The molecule has 51 heavy (non-hydrogen) atoms. The minimum Gasteiger partial charge on any atom is -0.480 e. The van der Waals surface area contributed by atoms with Gasteiger partial charge in [-0.15, -0.1) is 0 Å². The molecule has 8 N–H and O–H groups in total. The van der Waals surface area contributed by atoms with E-state index in [1.54, 1.807) is 0 Å². The molecule has 0 aromatic heterocycles. The van der Waals surface area contributed by atoms with Gasteiger partial charge in [-0.2, -0.15) is 0 Å². The van der Waals surface area contributed by atoms with E-state index in [-0.39, 0.29) is 26.2 Å². The lowest BCUT2D eigenvalue weighted by Crippen LogP contribution is -2.43. The highest BCUT2D eigenvalue weighted by Gasteiger charge is 2.19. The van der Waals surface area contributed by atoms with Crippen LogP contribution in [0.15, 0.2) is 9.98 Å². The topological polar surface area (TPSA) is 339 Å². The molecule has 0 rings (SSSR count). The summed E-state index contributed by atoms with van der Waals surface area (Å²) in [5.74, 6) is -9.82. The van der Waals surface area contributed by atoms with Crippen molar-refractivity contribution in [2.45, 2.75) is 13.3 Å². The number of carboxylic acids is 8. The molecule has 0 aliphatic carbocycles. The van der Waals surface area contributed by atoms with Crippen molar-refractivity contribution in [2.75, 3.05) is 112 Å². The quantitative estimate of drug-likeness (QED) is 0.0307. The number of aliphatic carboxylic acids is 8. The fraction of sp³-hybridized carbons (Fsp3) is 0.679. The zero-order valence-corrected chi connectivity index (χ0v) is 28.8. The van der Waals surface area contributed by atoms with Crippen molar-refractivity contribution in [2.24, 2.45) is 9.98 Å². The van der Waals surface area contributed by atoms with Gasteiger partial charge in [0.1, 0.15) is 0 Å². The van der Waals surface area contributed by atoms with Crippen molar-refractivity contribution in [3.63, 3.8) is 0 Å². The van der Waals surface area contributed by atoms with Gasteiger partial charge in [-0.1, -0.05) is 0 Å². The molecule has 23 heteroatoms. The molecule has 292 valence electrons. The second kappa shape index (κ2) is 31.0. The maximum absolute atomic E-state index is 10.6. The zero-order valence-electron chi connectivity index (χ0n) is 28.8. The van der Waals surface area contributed by atoms with Crippen LogP contribution in [0.2, 0.25) is 0 Å². The largest absolute Gasteiger partial charge is 0.480 e. The van der Waals surface area contributed by atoms with Crippen LogP contribution in [-0.2, 0) is 38.4 Å². The van der Waals surface area contributed by atoms with E-state index in [9.17, 15) is 38.4 Å². The van der Waals surface area contributed by atoms with Crippen LogP contribution in [0.3, 0.4) is 0 Å². The molecule has 0 bridgehead atoms. The first-order valence-corrected chi connectivity index (χ1v) is 15.0. The Hall–Kier alpha value is -5.06. The Bertz CT molecular complexity index is 970. The van der Waals surface area contributed by atoms with Crippen LogP contribution in [-0.4, -0.2) is 231 Å². The number of aliphatic imine (C=N–C) groups is 2. The summed E-state index contributed by atoms with van der Waals surface area (Å²) in [7, 11) is 4.12. The smallest absolute Gasteiger partial charge is 0.317 e. The Morgan fingerprint density at radius 2 is 0.667 bits per heavy atom. The molecule has 0 saturated heterocycles. The van der Waals surface area contributed by atoms with E-state index in [0.717, 1.165) is 45.7 Å². The minimum absolute atomic E-state index is 0.0703. The predicted molar refractivity (Wildman–Crippen MR) is 175 cm³/mol. The average Bonchev–Trinajstić information content (AvgIpc) is 2.94. The van der Waals surface area contributed by atoms with Crippen molar-refractivity contribution in [1.82, 2.24) is 24.5 Å². The molecule has 0 heterocycles. The molecular formula is C28H49N7O16. The van der Waals surface area contributed by atoms with E-state index in [2.05, 4.69) is 35.0 Å². The van der Waals surface area contributed by atoms with E-state index in [0.29, 0.717) is 0 Å². The van der Waals surface area contributed by atoms with E-state index in [4.69, 9.17) is 40.9 Å². The average molecular weight is 740 g/mol. The van der Waals surface area contributed by atoms with Gasteiger partial charge < -0.3 is 45.8 Å². The van der Waals surface area contributed by atoms with Gasteiger partial charge in [0.25, 0.3) is 0 Å². The van der Waals surface area contributed by atoms with Crippen LogP contribution >= 0.6 is 0 Å². The molecule has 0 spiro atoms. The van der Waals surface area contributed by atoms with Gasteiger partial charge >= 0.3 is 47.8 Å². The third-order valence-electron chi connectivity index (χ3n) is 5.51. The number of carbonyl (C=O) groups is 8. The molecule has 0 aliphatic rings. The van der Waals surface area contributed by atoms with Crippen molar-refractivity contribution >= 4 is 53.8 Å². The highest BCUT2D eigenvalue weighted by atomic mass is 16.4. The molecule has 0 fully saturated rings. The van der Waals surface area contributed by atoms with Crippen molar-refractivity contribution in [3.8, 4) is 0 Å². The highest BCUT2D eigenvalue weighted by molar-refractivity contribution is 5.74. The summed E-state index contributed by atoms with van der Waals surface area (Å²) in [6, 6.07) is 2.64. The fourth-order valence-corrected chi connectivity index (χ4v) is 3.59. The lowest BCUT2D eigenvalue weighted by atomic mass is 10.4. The molecule has 0 atom stereocenters. The standard InChI is InChI=1S/2C10H16N2O8.C8H17N3/c2*13-7(14)3-11(4-8(15)16)1-2-12(5-9(17)18)6-10(19)20;1-4-9-8-10-6-5-7-11(2)3/h2*1-6H2,(H,13,14)(H,15,16)(H,17,18)(H,19,20);4-7H2,1-3H3. The lowest BCUT2D eigenvalue weighted by Gasteiger charge is -2.23. The Kier molecular flexibility index (Phi) is 30.5. The van der Waals surface area contributed by atoms with Gasteiger partial charge in [0.05, 0.1) is 64.9 Å². The summed E-state index contributed by atoms with van der Waals surface area (Å²) >= 11 is 0. The van der Waals surface area contributed by atoms with Gasteiger partial charge in [0, 0.05) is 32.7 Å². The zero-order chi connectivity index (χ0) is 39.9. The first-order chi connectivity index (χ1) is 23.7. The summed E-state index contributed by atoms with van der Waals surface area (Å²) in [6.07, 6.45) is 1.08. The van der Waals surface area contributed by atoms with E-state index in [1.807, 2.05) is 6.92 Å². The Balaban J connectivity index is -0.000000708. The molecular weight excluding hydrogens is 690 g/mol. The van der Waals surface area contributed by atoms with Crippen LogP contribution in [0.5, 0.6) is 0 Å². The number of hydrogen-bond acceptors (Lipinski definition) is 15. The second-order valence-electron chi connectivity index (χ2n) is 10.6. The monoisotopic (exact) mass is 739 g/mol. The normalized spacial score (nSPS) is 10.4. The van der Waals surface area contributed by atoms with Crippen molar-refractivity contribution in [3.05, 3.63) is 0 Å². The third-order valence-corrected chi connectivity index (χ3v) is 5.51. The number of carboxylic acid groups (broad SMARTS) is 8. The van der Waals surface area contributed by atoms with Gasteiger partial charge in [-0.05, 0) is 34.0 Å². The lowest BCUT2D eigenvalue weighted by molar-refractivity contribution is -0.145. The molecule has 23 nitrogen and oxygen atoms in total. The van der Waals surface area contributed by atoms with Crippen molar-refractivity contribution in [1.29, 1.82) is 0 Å².